The standard InChI is InChI=1S/C20H27N3O3S/c1-15-10-11-19(16(2)13-15)27(25,26)22-14-18(17-7-4-3-5-8-17)23-20(24)9-6-12-21/h3-5,7-8,10-11,13,18,22H,6,9,12,14,21H2,1-2H3,(H,23,24). The van der Waals surface area contributed by atoms with Crippen LogP contribution in [0.1, 0.15) is 35.6 Å². The molecule has 1 unspecified atom stereocenters. The van der Waals surface area contributed by atoms with Crippen LogP contribution in [0.15, 0.2) is 53.4 Å². The molecule has 0 saturated carbocycles. The van der Waals surface area contributed by atoms with Gasteiger partial charge in [0.1, 0.15) is 0 Å². The molecule has 1 atom stereocenters. The molecule has 0 heterocycles. The molecule has 0 bridgehead atoms. The lowest BCUT2D eigenvalue weighted by Gasteiger charge is -2.20. The predicted octanol–water partition coefficient (Wildman–Crippen LogP) is 2.18. The van der Waals surface area contributed by atoms with Crippen molar-refractivity contribution in [1.29, 1.82) is 0 Å². The molecule has 6 nitrogen and oxygen atoms in total. The highest BCUT2D eigenvalue weighted by molar-refractivity contribution is 7.89. The van der Waals surface area contributed by atoms with Gasteiger partial charge in [-0.2, -0.15) is 0 Å². The van der Waals surface area contributed by atoms with Crippen molar-refractivity contribution in [2.45, 2.75) is 37.6 Å². The van der Waals surface area contributed by atoms with Crippen molar-refractivity contribution in [1.82, 2.24) is 10.0 Å². The molecular formula is C20H27N3O3S. The van der Waals surface area contributed by atoms with E-state index in [0.29, 0.717) is 24.9 Å². The van der Waals surface area contributed by atoms with E-state index in [0.717, 1.165) is 11.1 Å². The highest BCUT2D eigenvalue weighted by atomic mass is 32.2. The van der Waals surface area contributed by atoms with Crippen molar-refractivity contribution in [3.05, 3.63) is 65.2 Å². The molecule has 0 aliphatic heterocycles. The zero-order chi connectivity index (χ0) is 19.9. The Morgan fingerprint density at radius 1 is 1.11 bits per heavy atom. The Bertz CT molecular complexity index is 867. The molecule has 4 N–H and O–H groups in total. The lowest BCUT2D eigenvalue weighted by atomic mass is 10.1. The minimum Gasteiger partial charge on any atom is -0.348 e. The zero-order valence-corrected chi connectivity index (χ0v) is 16.6. The zero-order valence-electron chi connectivity index (χ0n) is 15.7. The molecule has 0 spiro atoms. The SMILES string of the molecule is Cc1ccc(S(=O)(=O)NCC(NC(=O)CCCN)c2ccccc2)c(C)c1. The van der Waals surface area contributed by atoms with Gasteiger partial charge in [-0.25, -0.2) is 13.1 Å². The Labute approximate surface area is 161 Å². The number of aryl methyl sites for hydroxylation is 2. The molecule has 7 heteroatoms. The first-order valence-electron chi connectivity index (χ1n) is 8.95. The Hall–Kier alpha value is -2.22. The lowest BCUT2D eigenvalue weighted by molar-refractivity contribution is -0.121. The number of carbonyl (C=O) groups is 1. The lowest BCUT2D eigenvalue weighted by Crippen LogP contribution is -2.38. The Morgan fingerprint density at radius 3 is 2.44 bits per heavy atom. The molecule has 146 valence electrons. The van der Waals surface area contributed by atoms with Crippen molar-refractivity contribution < 1.29 is 13.2 Å². The van der Waals surface area contributed by atoms with E-state index in [-0.39, 0.29) is 17.3 Å². The molecule has 0 saturated heterocycles. The van der Waals surface area contributed by atoms with Crippen LogP contribution in [0.25, 0.3) is 0 Å². The average molecular weight is 390 g/mol. The van der Waals surface area contributed by atoms with Gasteiger partial charge in [0.05, 0.1) is 10.9 Å². The third-order valence-electron chi connectivity index (χ3n) is 4.24. The fourth-order valence-corrected chi connectivity index (χ4v) is 4.11. The number of carbonyl (C=O) groups excluding carboxylic acids is 1. The van der Waals surface area contributed by atoms with Gasteiger partial charge in [-0.05, 0) is 44.0 Å². The topological polar surface area (TPSA) is 101 Å². The number of hydrogen-bond acceptors (Lipinski definition) is 4. The van der Waals surface area contributed by atoms with E-state index in [1.807, 2.05) is 43.3 Å². The van der Waals surface area contributed by atoms with Gasteiger partial charge in [0.15, 0.2) is 0 Å². The third kappa shape index (κ3) is 6.16. The smallest absolute Gasteiger partial charge is 0.240 e. The van der Waals surface area contributed by atoms with Crippen LogP contribution >= 0.6 is 0 Å². The minimum absolute atomic E-state index is 0.0635. The molecule has 1 amide bonds. The van der Waals surface area contributed by atoms with Crippen LogP contribution in [0.5, 0.6) is 0 Å². The highest BCUT2D eigenvalue weighted by Gasteiger charge is 2.21. The van der Waals surface area contributed by atoms with Gasteiger partial charge in [-0.1, -0.05) is 48.0 Å². The van der Waals surface area contributed by atoms with Crippen molar-refractivity contribution in [3.8, 4) is 0 Å². The van der Waals surface area contributed by atoms with E-state index in [9.17, 15) is 13.2 Å². The van der Waals surface area contributed by atoms with Crippen LogP contribution in [0.3, 0.4) is 0 Å². The summed E-state index contributed by atoms with van der Waals surface area (Å²) >= 11 is 0. The molecule has 2 aromatic rings. The molecule has 0 fully saturated rings. The van der Waals surface area contributed by atoms with Crippen molar-refractivity contribution in [2.75, 3.05) is 13.1 Å². The maximum atomic E-state index is 12.7. The summed E-state index contributed by atoms with van der Waals surface area (Å²) in [7, 11) is -3.68. The second-order valence-electron chi connectivity index (χ2n) is 6.54. The highest BCUT2D eigenvalue weighted by Crippen LogP contribution is 2.18. The summed E-state index contributed by atoms with van der Waals surface area (Å²) < 4.78 is 28.1. The van der Waals surface area contributed by atoms with Crippen molar-refractivity contribution in [2.24, 2.45) is 5.73 Å². The van der Waals surface area contributed by atoms with Gasteiger partial charge < -0.3 is 11.1 Å². The van der Waals surface area contributed by atoms with E-state index in [1.165, 1.54) is 0 Å². The number of nitrogens with one attached hydrogen (secondary N) is 2. The summed E-state index contributed by atoms with van der Waals surface area (Å²) in [6.45, 7) is 4.18. The number of benzene rings is 2. The number of amides is 1. The largest absolute Gasteiger partial charge is 0.348 e. The molecule has 0 aliphatic carbocycles. The van der Waals surface area contributed by atoms with E-state index < -0.39 is 16.1 Å². The summed E-state index contributed by atoms with van der Waals surface area (Å²) in [5, 5.41) is 2.89. The van der Waals surface area contributed by atoms with Crippen LogP contribution in [-0.4, -0.2) is 27.4 Å². The number of rotatable bonds is 9. The van der Waals surface area contributed by atoms with Gasteiger partial charge >= 0.3 is 0 Å². The van der Waals surface area contributed by atoms with E-state index in [1.54, 1.807) is 19.1 Å². The number of hydrogen-bond donors (Lipinski definition) is 3. The molecule has 0 radical (unpaired) electrons. The number of nitrogens with two attached hydrogens (primary N) is 1. The maximum Gasteiger partial charge on any atom is 0.240 e. The normalized spacial score (nSPS) is 12.6. The van der Waals surface area contributed by atoms with E-state index in [2.05, 4.69) is 10.0 Å². The molecule has 2 aromatic carbocycles. The molecule has 27 heavy (non-hydrogen) atoms. The van der Waals surface area contributed by atoms with E-state index in [4.69, 9.17) is 5.73 Å². The first kappa shape index (κ1) is 21.1. The average Bonchev–Trinajstić information content (AvgIpc) is 2.63. The van der Waals surface area contributed by atoms with Gasteiger partial charge in [-0.3, -0.25) is 4.79 Å². The van der Waals surface area contributed by atoms with Crippen LogP contribution in [0.2, 0.25) is 0 Å². The van der Waals surface area contributed by atoms with Crippen molar-refractivity contribution in [3.63, 3.8) is 0 Å². The van der Waals surface area contributed by atoms with Gasteiger partial charge in [0.25, 0.3) is 0 Å². The summed E-state index contributed by atoms with van der Waals surface area (Å²) in [6, 6.07) is 14.0. The van der Waals surface area contributed by atoms with Gasteiger partial charge in [0, 0.05) is 13.0 Å². The third-order valence-corrected chi connectivity index (χ3v) is 5.83. The van der Waals surface area contributed by atoms with Gasteiger partial charge in [0.2, 0.25) is 15.9 Å². The summed E-state index contributed by atoms with van der Waals surface area (Å²) in [4.78, 5) is 12.4. The van der Waals surface area contributed by atoms with Gasteiger partial charge in [-0.15, -0.1) is 0 Å². The fraction of sp³-hybridized carbons (Fsp3) is 0.350. The Kier molecular flexibility index (Phi) is 7.53. The monoisotopic (exact) mass is 389 g/mol. The fourth-order valence-electron chi connectivity index (χ4n) is 2.84. The molecule has 2 rings (SSSR count). The Morgan fingerprint density at radius 2 is 1.81 bits per heavy atom. The first-order valence-corrected chi connectivity index (χ1v) is 10.4. The first-order chi connectivity index (χ1) is 12.8. The Balaban J connectivity index is 2.16. The summed E-state index contributed by atoms with van der Waals surface area (Å²) in [6.07, 6.45) is 0.894. The molecule has 0 aromatic heterocycles. The van der Waals surface area contributed by atoms with Crippen LogP contribution in [-0.2, 0) is 14.8 Å². The van der Waals surface area contributed by atoms with Crippen LogP contribution < -0.4 is 15.8 Å². The quantitative estimate of drug-likeness (QED) is 0.612. The summed E-state index contributed by atoms with van der Waals surface area (Å²) in [5.41, 5.74) is 7.97. The van der Waals surface area contributed by atoms with Crippen LogP contribution in [0.4, 0.5) is 0 Å². The number of sulfonamides is 1. The van der Waals surface area contributed by atoms with E-state index >= 15 is 0 Å². The van der Waals surface area contributed by atoms with Crippen LogP contribution in [0, 0.1) is 13.8 Å². The summed E-state index contributed by atoms with van der Waals surface area (Å²) in [5.74, 6) is -0.153. The predicted molar refractivity (Wildman–Crippen MR) is 107 cm³/mol. The second-order valence-corrected chi connectivity index (χ2v) is 8.28. The molecule has 0 aliphatic rings. The maximum absolute atomic E-state index is 12.7. The second kappa shape index (κ2) is 9.64. The van der Waals surface area contributed by atoms with Crippen molar-refractivity contribution >= 4 is 15.9 Å². The minimum atomic E-state index is -3.68. The molecular weight excluding hydrogens is 362 g/mol.